The lowest BCUT2D eigenvalue weighted by atomic mass is 10.2. The van der Waals surface area contributed by atoms with Crippen LogP contribution in [0.3, 0.4) is 0 Å². The van der Waals surface area contributed by atoms with Crippen LogP contribution in [0.5, 0.6) is 5.75 Å². The third kappa shape index (κ3) is 4.50. The van der Waals surface area contributed by atoms with Gasteiger partial charge in [0.15, 0.2) is 6.61 Å². The van der Waals surface area contributed by atoms with Crippen molar-refractivity contribution in [2.24, 2.45) is 5.73 Å². The lowest BCUT2D eigenvalue weighted by molar-refractivity contribution is -0.118. The Morgan fingerprint density at radius 2 is 1.95 bits per heavy atom. The van der Waals surface area contributed by atoms with Crippen molar-refractivity contribution in [2.45, 2.75) is 6.54 Å². The molecule has 1 amide bonds. The summed E-state index contributed by atoms with van der Waals surface area (Å²) in [5.74, 6) is 0.467. The summed E-state index contributed by atoms with van der Waals surface area (Å²) >= 11 is 2.20. The molecule has 20 heavy (non-hydrogen) atoms. The summed E-state index contributed by atoms with van der Waals surface area (Å²) in [5.41, 5.74) is 7.31. The Hall–Kier alpha value is -1.60. The number of nitrogens with one attached hydrogen (secondary N) is 1. The molecule has 0 atom stereocenters. The number of hydrogen-bond acceptors (Lipinski definition) is 3. The summed E-state index contributed by atoms with van der Waals surface area (Å²) in [7, 11) is 0. The van der Waals surface area contributed by atoms with Gasteiger partial charge in [0.25, 0.3) is 5.91 Å². The Bertz CT molecular complexity index is 585. The van der Waals surface area contributed by atoms with Gasteiger partial charge in [0.1, 0.15) is 5.75 Å². The second kappa shape index (κ2) is 7.25. The quantitative estimate of drug-likeness (QED) is 0.782. The number of ether oxygens (including phenoxy) is 1. The molecule has 2 aromatic carbocycles. The second-order valence-corrected chi connectivity index (χ2v) is 5.44. The number of rotatable bonds is 5. The normalized spacial score (nSPS) is 10.1. The maximum Gasteiger partial charge on any atom is 0.262 e. The van der Waals surface area contributed by atoms with E-state index in [4.69, 9.17) is 10.5 Å². The zero-order valence-electron chi connectivity index (χ0n) is 10.8. The fraction of sp³-hybridized carbons (Fsp3) is 0.133. The van der Waals surface area contributed by atoms with E-state index >= 15 is 0 Å². The minimum absolute atomic E-state index is 0.0204. The Balaban J connectivity index is 1.85. The van der Waals surface area contributed by atoms with Gasteiger partial charge in [0.05, 0.1) is 0 Å². The van der Waals surface area contributed by atoms with Crippen molar-refractivity contribution >= 4 is 34.2 Å². The predicted molar refractivity (Wildman–Crippen MR) is 87.6 cm³/mol. The van der Waals surface area contributed by atoms with Crippen LogP contribution in [0.1, 0.15) is 5.56 Å². The van der Waals surface area contributed by atoms with Crippen molar-refractivity contribution in [3.63, 3.8) is 0 Å². The van der Waals surface area contributed by atoms with E-state index in [9.17, 15) is 4.79 Å². The van der Waals surface area contributed by atoms with Crippen molar-refractivity contribution in [1.29, 1.82) is 0 Å². The number of halogens is 1. The van der Waals surface area contributed by atoms with Gasteiger partial charge < -0.3 is 15.8 Å². The van der Waals surface area contributed by atoms with Crippen molar-refractivity contribution in [3.05, 3.63) is 57.7 Å². The van der Waals surface area contributed by atoms with Crippen LogP contribution in [0.15, 0.2) is 48.5 Å². The van der Waals surface area contributed by atoms with Gasteiger partial charge in [-0.2, -0.15) is 0 Å². The zero-order chi connectivity index (χ0) is 14.4. The lowest BCUT2D eigenvalue weighted by Crippen LogP contribution is -2.20. The molecular weight excluding hydrogens is 367 g/mol. The second-order valence-electron chi connectivity index (χ2n) is 4.20. The highest BCUT2D eigenvalue weighted by Crippen LogP contribution is 2.13. The summed E-state index contributed by atoms with van der Waals surface area (Å²) in [6, 6.07) is 15.0. The SMILES string of the molecule is NCc1ccc(OCC(=O)Nc2cccc(I)c2)cc1. The fourth-order valence-electron chi connectivity index (χ4n) is 1.63. The first kappa shape index (κ1) is 14.8. The molecule has 2 rings (SSSR count). The van der Waals surface area contributed by atoms with Gasteiger partial charge in [-0.1, -0.05) is 18.2 Å². The van der Waals surface area contributed by atoms with E-state index in [-0.39, 0.29) is 12.5 Å². The molecule has 0 aliphatic rings. The summed E-state index contributed by atoms with van der Waals surface area (Å²) in [6.07, 6.45) is 0. The minimum Gasteiger partial charge on any atom is -0.484 e. The van der Waals surface area contributed by atoms with E-state index in [1.54, 1.807) is 12.1 Å². The molecule has 3 N–H and O–H groups in total. The number of nitrogens with two attached hydrogens (primary N) is 1. The van der Waals surface area contributed by atoms with Crippen LogP contribution in [-0.4, -0.2) is 12.5 Å². The van der Waals surface area contributed by atoms with Crippen LogP contribution >= 0.6 is 22.6 Å². The highest BCUT2D eigenvalue weighted by atomic mass is 127. The number of carbonyl (C=O) groups is 1. The van der Waals surface area contributed by atoms with Crippen LogP contribution in [0.4, 0.5) is 5.69 Å². The molecule has 0 bridgehead atoms. The zero-order valence-corrected chi connectivity index (χ0v) is 13.0. The van der Waals surface area contributed by atoms with E-state index in [1.807, 2.05) is 36.4 Å². The lowest BCUT2D eigenvalue weighted by Gasteiger charge is -2.08. The van der Waals surface area contributed by atoms with Crippen LogP contribution < -0.4 is 15.8 Å². The molecule has 0 radical (unpaired) electrons. The van der Waals surface area contributed by atoms with E-state index < -0.39 is 0 Å². The van der Waals surface area contributed by atoms with Crippen LogP contribution in [0, 0.1) is 3.57 Å². The fourth-order valence-corrected chi connectivity index (χ4v) is 2.18. The predicted octanol–water partition coefficient (Wildman–Crippen LogP) is 2.77. The molecule has 4 nitrogen and oxygen atoms in total. The van der Waals surface area contributed by atoms with Gasteiger partial charge in [-0.05, 0) is 58.5 Å². The minimum atomic E-state index is -0.185. The number of amides is 1. The smallest absolute Gasteiger partial charge is 0.262 e. The highest BCUT2D eigenvalue weighted by molar-refractivity contribution is 14.1. The Morgan fingerprint density at radius 1 is 1.20 bits per heavy atom. The third-order valence-corrected chi connectivity index (χ3v) is 3.31. The van der Waals surface area contributed by atoms with E-state index in [2.05, 4.69) is 27.9 Å². The summed E-state index contributed by atoms with van der Waals surface area (Å²) in [6.45, 7) is 0.473. The average Bonchev–Trinajstić information content (AvgIpc) is 2.46. The first-order chi connectivity index (χ1) is 9.67. The molecule has 0 spiro atoms. The standard InChI is InChI=1S/C15H15IN2O2/c16-12-2-1-3-13(8-12)18-15(19)10-20-14-6-4-11(9-17)5-7-14/h1-8H,9-10,17H2,(H,18,19). The molecule has 0 unspecified atom stereocenters. The van der Waals surface area contributed by atoms with Crippen LogP contribution in [-0.2, 0) is 11.3 Å². The van der Waals surface area contributed by atoms with Crippen molar-refractivity contribution < 1.29 is 9.53 Å². The maximum atomic E-state index is 11.8. The number of benzene rings is 2. The van der Waals surface area contributed by atoms with Crippen LogP contribution in [0.2, 0.25) is 0 Å². The van der Waals surface area contributed by atoms with Gasteiger partial charge in [0, 0.05) is 15.8 Å². The molecule has 2 aromatic rings. The van der Waals surface area contributed by atoms with Crippen LogP contribution in [0.25, 0.3) is 0 Å². The maximum absolute atomic E-state index is 11.8. The number of anilines is 1. The number of hydrogen-bond donors (Lipinski definition) is 2. The van der Waals surface area contributed by atoms with E-state index in [0.717, 1.165) is 14.8 Å². The van der Waals surface area contributed by atoms with Gasteiger partial charge in [-0.3, -0.25) is 4.79 Å². The Labute approximate surface area is 131 Å². The summed E-state index contributed by atoms with van der Waals surface area (Å²) in [5, 5.41) is 2.79. The molecule has 0 aromatic heterocycles. The highest BCUT2D eigenvalue weighted by Gasteiger charge is 2.04. The Morgan fingerprint density at radius 3 is 2.60 bits per heavy atom. The summed E-state index contributed by atoms with van der Waals surface area (Å²) in [4.78, 5) is 11.8. The largest absolute Gasteiger partial charge is 0.484 e. The third-order valence-electron chi connectivity index (χ3n) is 2.64. The molecule has 0 saturated carbocycles. The van der Waals surface area contributed by atoms with E-state index in [0.29, 0.717) is 12.3 Å². The topological polar surface area (TPSA) is 64.3 Å². The van der Waals surface area contributed by atoms with Crippen molar-refractivity contribution in [2.75, 3.05) is 11.9 Å². The average molecular weight is 382 g/mol. The van der Waals surface area contributed by atoms with Crippen molar-refractivity contribution in [1.82, 2.24) is 0 Å². The molecule has 5 heteroatoms. The first-order valence-electron chi connectivity index (χ1n) is 6.14. The molecular formula is C15H15IN2O2. The van der Waals surface area contributed by atoms with E-state index in [1.165, 1.54) is 0 Å². The molecule has 104 valence electrons. The first-order valence-corrected chi connectivity index (χ1v) is 7.22. The monoisotopic (exact) mass is 382 g/mol. The Kier molecular flexibility index (Phi) is 5.37. The molecule has 0 fully saturated rings. The van der Waals surface area contributed by atoms with Gasteiger partial charge in [0.2, 0.25) is 0 Å². The van der Waals surface area contributed by atoms with Crippen molar-refractivity contribution in [3.8, 4) is 5.75 Å². The number of carbonyl (C=O) groups excluding carboxylic acids is 1. The van der Waals surface area contributed by atoms with Gasteiger partial charge in [-0.15, -0.1) is 0 Å². The molecule has 0 saturated heterocycles. The van der Waals surface area contributed by atoms with Gasteiger partial charge in [-0.25, -0.2) is 0 Å². The molecule has 0 heterocycles. The van der Waals surface area contributed by atoms with Gasteiger partial charge >= 0.3 is 0 Å². The summed E-state index contributed by atoms with van der Waals surface area (Å²) < 4.78 is 6.48. The molecule has 0 aliphatic heterocycles. The molecule has 0 aliphatic carbocycles.